The molecule has 1 aromatic heterocycles. The monoisotopic (exact) mass is 478 g/mol. The number of carboxylic acids is 1. The van der Waals surface area contributed by atoms with E-state index in [9.17, 15) is 22.4 Å². The summed E-state index contributed by atoms with van der Waals surface area (Å²) in [6.45, 7) is 2.44. The number of pyridine rings is 1. The normalized spacial score (nSPS) is 22.1. The second kappa shape index (κ2) is 8.78. The zero-order chi connectivity index (χ0) is 24.7. The maximum atomic E-state index is 15.0. The van der Waals surface area contributed by atoms with E-state index in [0.717, 1.165) is 0 Å². The minimum absolute atomic E-state index is 0.00134. The molecule has 0 amide bonds. The summed E-state index contributed by atoms with van der Waals surface area (Å²) in [5.41, 5.74) is 10.8. The van der Waals surface area contributed by atoms with Gasteiger partial charge in [-0.3, -0.25) is 9.36 Å². The highest BCUT2D eigenvalue weighted by molar-refractivity contribution is 5.94. The van der Waals surface area contributed by atoms with Crippen LogP contribution in [0.5, 0.6) is 5.75 Å². The molecule has 2 aliphatic heterocycles. The van der Waals surface area contributed by atoms with Gasteiger partial charge in [-0.05, 0) is 18.6 Å². The number of benzene rings is 1. The molecule has 3 heterocycles. The number of carbonyl (C=O) groups is 1. The van der Waals surface area contributed by atoms with Gasteiger partial charge in [-0.15, -0.1) is 0 Å². The lowest BCUT2D eigenvalue weighted by molar-refractivity contribution is -0.192. The van der Waals surface area contributed by atoms with Crippen LogP contribution in [0.25, 0.3) is 10.9 Å². The Morgan fingerprint density at radius 1 is 1.33 bits per heavy atom. The van der Waals surface area contributed by atoms with Crippen LogP contribution in [0.2, 0.25) is 0 Å². The predicted molar refractivity (Wildman–Crippen MR) is 110 cm³/mol. The van der Waals surface area contributed by atoms with Crippen LogP contribution in [0.4, 0.5) is 27.6 Å². The molecule has 0 spiro atoms. The number of alkyl halides is 4. The van der Waals surface area contributed by atoms with Gasteiger partial charge in [0.1, 0.15) is 18.0 Å². The summed E-state index contributed by atoms with van der Waals surface area (Å²) in [5.74, 6) is -2.98. The van der Waals surface area contributed by atoms with E-state index in [1.54, 1.807) is 9.47 Å². The maximum absolute atomic E-state index is 15.0. The van der Waals surface area contributed by atoms with Crippen LogP contribution in [0.1, 0.15) is 24.9 Å². The first-order valence-corrected chi connectivity index (χ1v) is 10.0. The lowest BCUT2D eigenvalue weighted by Crippen LogP contribution is -2.37. The van der Waals surface area contributed by atoms with Crippen molar-refractivity contribution in [2.24, 2.45) is 11.5 Å². The summed E-state index contributed by atoms with van der Waals surface area (Å²) in [6, 6.07) is 2.63. The molecule has 5 N–H and O–H groups in total. The Morgan fingerprint density at radius 3 is 2.48 bits per heavy atom. The van der Waals surface area contributed by atoms with E-state index < -0.39 is 23.6 Å². The second-order valence-corrected chi connectivity index (χ2v) is 8.00. The number of halogens is 5. The first-order chi connectivity index (χ1) is 15.3. The number of ether oxygens (including phenoxy) is 1. The fourth-order valence-electron chi connectivity index (χ4n) is 4.01. The van der Waals surface area contributed by atoms with Crippen molar-refractivity contribution in [3.8, 4) is 5.75 Å². The zero-order valence-corrected chi connectivity index (χ0v) is 17.6. The molecule has 1 unspecified atom stereocenters. The van der Waals surface area contributed by atoms with Crippen molar-refractivity contribution in [1.29, 1.82) is 0 Å². The summed E-state index contributed by atoms with van der Waals surface area (Å²) < 4.78 is 68.8. The van der Waals surface area contributed by atoms with E-state index in [0.29, 0.717) is 23.0 Å². The van der Waals surface area contributed by atoms with Crippen LogP contribution in [-0.2, 0) is 11.3 Å². The Bertz CT molecular complexity index is 1140. The molecule has 1 fully saturated rings. The van der Waals surface area contributed by atoms with Gasteiger partial charge in [-0.2, -0.15) is 13.2 Å². The minimum Gasteiger partial charge on any atom is -0.487 e. The van der Waals surface area contributed by atoms with Crippen LogP contribution in [0.3, 0.4) is 0 Å². The largest absolute Gasteiger partial charge is 0.490 e. The van der Waals surface area contributed by atoms with Gasteiger partial charge >= 0.3 is 12.1 Å². The fourth-order valence-corrected chi connectivity index (χ4v) is 4.01. The lowest BCUT2D eigenvalue weighted by Gasteiger charge is -2.31. The van der Waals surface area contributed by atoms with E-state index in [-0.39, 0.29) is 55.7 Å². The third kappa shape index (κ3) is 4.60. The molecule has 8 nitrogen and oxygen atoms in total. The molecule has 0 bridgehead atoms. The van der Waals surface area contributed by atoms with E-state index in [2.05, 4.69) is 0 Å². The number of nitrogens with zero attached hydrogens (tertiary/aromatic N) is 2. The number of anilines is 1. The smallest absolute Gasteiger partial charge is 0.487 e. The average Bonchev–Trinajstić information content (AvgIpc) is 3.13. The summed E-state index contributed by atoms with van der Waals surface area (Å²) in [7, 11) is 0. The predicted octanol–water partition coefficient (Wildman–Crippen LogP) is 2.06. The Kier molecular flexibility index (Phi) is 6.58. The Labute approximate surface area is 184 Å². The molecule has 1 saturated heterocycles. The highest BCUT2D eigenvalue weighted by atomic mass is 19.4. The van der Waals surface area contributed by atoms with Crippen molar-refractivity contribution in [2.75, 3.05) is 31.1 Å². The van der Waals surface area contributed by atoms with Gasteiger partial charge in [0.25, 0.3) is 5.56 Å². The molecule has 1 aromatic carbocycles. The first kappa shape index (κ1) is 24.7. The molecule has 182 valence electrons. The van der Waals surface area contributed by atoms with Gasteiger partial charge in [0, 0.05) is 37.5 Å². The number of aliphatic carboxylic acids is 1. The summed E-state index contributed by atoms with van der Waals surface area (Å²) in [4.78, 5) is 23.1. The molecule has 4 rings (SSSR count). The summed E-state index contributed by atoms with van der Waals surface area (Å²) >= 11 is 0. The quantitative estimate of drug-likeness (QED) is 0.577. The molecule has 2 aromatic rings. The van der Waals surface area contributed by atoms with Crippen LogP contribution < -0.4 is 26.7 Å². The summed E-state index contributed by atoms with van der Waals surface area (Å²) in [5, 5.41) is 7.68. The fraction of sp³-hybridized carbons (Fsp3) is 0.500. The van der Waals surface area contributed by atoms with Gasteiger partial charge in [-0.25, -0.2) is 13.6 Å². The number of aromatic nitrogens is 1. The topological polar surface area (TPSA) is 124 Å². The van der Waals surface area contributed by atoms with Crippen molar-refractivity contribution < 1.29 is 36.6 Å². The number of hydrogen-bond acceptors (Lipinski definition) is 6. The molecular weight excluding hydrogens is 455 g/mol. The van der Waals surface area contributed by atoms with Gasteiger partial charge < -0.3 is 26.2 Å². The molecular formula is C20H23F5N4O4. The van der Waals surface area contributed by atoms with Gasteiger partial charge in [0.15, 0.2) is 11.6 Å². The van der Waals surface area contributed by atoms with E-state index in [1.165, 1.54) is 12.1 Å². The lowest BCUT2D eigenvalue weighted by atomic mass is 10.0. The number of hydrogen-bond donors (Lipinski definition) is 3. The second-order valence-electron chi connectivity index (χ2n) is 8.00. The Hall–Kier alpha value is -2.93. The highest BCUT2D eigenvalue weighted by Crippen LogP contribution is 2.44. The van der Waals surface area contributed by atoms with E-state index >= 15 is 4.39 Å². The molecule has 0 radical (unpaired) electrons. The van der Waals surface area contributed by atoms with Crippen molar-refractivity contribution >= 4 is 22.6 Å². The average molecular weight is 478 g/mol. The van der Waals surface area contributed by atoms with E-state index in [1.807, 2.05) is 6.92 Å². The van der Waals surface area contributed by atoms with E-state index in [4.69, 9.17) is 26.1 Å². The third-order valence-electron chi connectivity index (χ3n) is 5.66. The molecule has 13 heteroatoms. The standard InChI is InChI=1S/C18H22F2N4O2.C2HF3O2/c1-10-7-26-17-15-12(11(6-21)4-14(25)24(10)15)5-13(19)16(17)23-3-2-18(20,8-22)9-23;3-2(4,5)1(6)7/h4-5,10H,2-3,6-9,21-22H2,1H3;(H,6,7)/t10-,18?;/m0./s1. The van der Waals surface area contributed by atoms with Crippen molar-refractivity contribution in [1.82, 2.24) is 4.57 Å². The van der Waals surface area contributed by atoms with Crippen LogP contribution in [-0.4, -0.2) is 53.7 Å². The number of rotatable bonds is 3. The van der Waals surface area contributed by atoms with Crippen LogP contribution in [0, 0.1) is 5.82 Å². The van der Waals surface area contributed by atoms with Gasteiger partial charge in [-0.1, -0.05) is 0 Å². The zero-order valence-electron chi connectivity index (χ0n) is 17.6. The van der Waals surface area contributed by atoms with Crippen molar-refractivity contribution in [2.45, 2.75) is 37.8 Å². The summed E-state index contributed by atoms with van der Waals surface area (Å²) in [6.07, 6.45) is -4.85. The van der Waals surface area contributed by atoms with Crippen molar-refractivity contribution in [3.63, 3.8) is 0 Å². The first-order valence-electron chi connectivity index (χ1n) is 10.0. The van der Waals surface area contributed by atoms with Gasteiger partial charge in [0.05, 0.1) is 18.1 Å². The Morgan fingerprint density at radius 2 is 1.97 bits per heavy atom. The van der Waals surface area contributed by atoms with Crippen molar-refractivity contribution in [3.05, 3.63) is 33.9 Å². The van der Waals surface area contributed by atoms with Gasteiger partial charge in [0.2, 0.25) is 0 Å². The Balaban J connectivity index is 0.000000383. The molecule has 0 aliphatic carbocycles. The van der Waals surface area contributed by atoms with Crippen LogP contribution in [0.15, 0.2) is 16.9 Å². The molecule has 0 saturated carbocycles. The maximum Gasteiger partial charge on any atom is 0.490 e. The third-order valence-corrected chi connectivity index (χ3v) is 5.66. The number of carboxylic acid groups (broad SMARTS) is 1. The molecule has 2 aliphatic rings. The molecule has 2 atom stereocenters. The number of nitrogens with two attached hydrogens (primary N) is 2. The SMILES string of the molecule is C[C@H]1COc2c(N3CCC(F)(CN)C3)c(F)cc3c(CN)cc(=O)n1c23.O=C(O)C(F)(F)F. The minimum atomic E-state index is -5.08. The van der Waals surface area contributed by atoms with Crippen LogP contribution >= 0.6 is 0 Å². The highest BCUT2D eigenvalue weighted by Gasteiger charge is 2.40. The molecule has 33 heavy (non-hydrogen) atoms.